The van der Waals surface area contributed by atoms with Gasteiger partial charge in [-0.1, -0.05) is 0 Å². The van der Waals surface area contributed by atoms with Crippen LogP contribution in [-0.2, 0) is 10.0 Å². The van der Waals surface area contributed by atoms with Crippen LogP contribution in [0.5, 0.6) is 0 Å². The molecule has 2 heterocycles. The van der Waals surface area contributed by atoms with Crippen molar-refractivity contribution in [3.05, 3.63) is 24.4 Å². The molecule has 0 saturated carbocycles. The first-order valence-corrected chi connectivity index (χ1v) is 5.59. The van der Waals surface area contributed by atoms with Crippen LogP contribution in [0, 0.1) is 6.92 Å². The number of H-pyrrole nitrogens is 2. The van der Waals surface area contributed by atoms with E-state index >= 15 is 0 Å². The Hall–Kier alpha value is -1.83. The van der Waals surface area contributed by atoms with Crippen molar-refractivity contribution in [3.8, 4) is 0 Å². The average molecular weight is 227 g/mol. The maximum atomic E-state index is 11.7. The molecule has 0 atom stereocenters. The Labute approximate surface area is 86.0 Å². The summed E-state index contributed by atoms with van der Waals surface area (Å²) in [6, 6.07) is 0. The first-order valence-electron chi connectivity index (χ1n) is 4.11. The highest BCUT2D eigenvalue weighted by molar-refractivity contribution is 7.92. The molecule has 3 N–H and O–H groups in total. The van der Waals surface area contributed by atoms with Crippen LogP contribution in [-0.4, -0.2) is 28.6 Å². The predicted octanol–water partition coefficient (Wildman–Crippen LogP) is 0.242. The monoisotopic (exact) mass is 227 g/mol. The lowest BCUT2D eigenvalue weighted by Crippen LogP contribution is -2.12. The molecule has 15 heavy (non-hydrogen) atoms. The average Bonchev–Trinajstić information content (AvgIpc) is 2.75. The molecule has 0 aliphatic rings. The Kier molecular flexibility index (Phi) is 2.19. The van der Waals surface area contributed by atoms with Crippen molar-refractivity contribution in [2.24, 2.45) is 0 Å². The molecule has 2 rings (SSSR count). The van der Waals surface area contributed by atoms with E-state index in [4.69, 9.17) is 0 Å². The van der Waals surface area contributed by atoms with Gasteiger partial charge in [0.15, 0.2) is 5.03 Å². The minimum Gasteiger partial charge on any atom is -0.332 e. The zero-order valence-corrected chi connectivity index (χ0v) is 8.67. The quantitative estimate of drug-likeness (QED) is 0.698. The smallest absolute Gasteiger partial charge is 0.279 e. The Morgan fingerprint density at radius 3 is 2.73 bits per heavy atom. The summed E-state index contributed by atoms with van der Waals surface area (Å²) < 4.78 is 25.7. The molecule has 2 aromatic rings. The molecule has 0 radical (unpaired) electrons. The number of rotatable bonds is 3. The second-order valence-corrected chi connectivity index (χ2v) is 4.58. The molecule has 80 valence electrons. The second kappa shape index (κ2) is 3.39. The molecular formula is C7H9N5O2S. The number of hydrogen-bond donors (Lipinski definition) is 3. The Bertz CT molecular complexity index is 542. The number of nitrogens with one attached hydrogen (secondary N) is 3. The maximum absolute atomic E-state index is 11.7. The summed E-state index contributed by atoms with van der Waals surface area (Å²) >= 11 is 0. The fourth-order valence-electron chi connectivity index (χ4n) is 1.05. The standard InChI is InChI=1S/C7H9N5O2S/c1-5-8-4-7(11-5)15(13,14)12-6-2-9-10-3-6/h2-4,12H,1H3,(H,8,11)(H,9,10). The molecular weight excluding hydrogens is 218 g/mol. The summed E-state index contributed by atoms with van der Waals surface area (Å²) in [4.78, 5) is 6.45. The molecule has 0 aliphatic heterocycles. The van der Waals surface area contributed by atoms with E-state index in [1.165, 1.54) is 18.6 Å². The first-order chi connectivity index (χ1) is 7.08. The largest absolute Gasteiger partial charge is 0.332 e. The van der Waals surface area contributed by atoms with Crippen LogP contribution in [0.3, 0.4) is 0 Å². The third-order valence-corrected chi connectivity index (χ3v) is 3.01. The van der Waals surface area contributed by atoms with E-state index in [9.17, 15) is 8.42 Å². The van der Waals surface area contributed by atoms with Crippen molar-refractivity contribution in [1.29, 1.82) is 0 Å². The SMILES string of the molecule is Cc1ncc(S(=O)(=O)Nc2cn[nH]c2)[nH]1. The molecule has 2 aromatic heterocycles. The number of imidazole rings is 1. The number of hydrogen-bond acceptors (Lipinski definition) is 4. The number of nitrogens with zero attached hydrogens (tertiary/aromatic N) is 2. The minimum atomic E-state index is -3.59. The van der Waals surface area contributed by atoms with Crippen LogP contribution in [0.2, 0.25) is 0 Å². The fourth-order valence-corrected chi connectivity index (χ4v) is 2.06. The van der Waals surface area contributed by atoms with Crippen LogP contribution in [0.25, 0.3) is 0 Å². The van der Waals surface area contributed by atoms with Gasteiger partial charge in [-0.25, -0.2) is 4.98 Å². The van der Waals surface area contributed by atoms with Crippen LogP contribution in [0.15, 0.2) is 23.6 Å². The van der Waals surface area contributed by atoms with Crippen LogP contribution in [0.1, 0.15) is 5.82 Å². The normalized spacial score (nSPS) is 11.5. The van der Waals surface area contributed by atoms with E-state index in [1.54, 1.807) is 6.92 Å². The molecule has 7 nitrogen and oxygen atoms in total. The van der Waals surface area contributed by atoms with Crippen molar-refractivity contribution < 1.29 is 8.42 Å². The van der Waals surface area contributed by atoms with Crippen molar-refractivity contribution in [3.63, 3.8) is 0 Å². The van der Waals surface area contributed by atoms with E-state index in [0.29, 0.717) is 11.5 Å². The predicted molar refractivity (Wildman–Crippen MR) is 52.7 cm³/mol. The van der Waals surface area contributed by atoms with Gasteiger partial charge < -0.3 is 4.98 Å². The summed E-state index contributed by atoms with van der Waals surface area (Å²) in [5.74, 6) is 0.544. The summed E-state index contributed by atoms with van der Waals surface area (Å²) in [7, 11) is -3.59. The number of aromatic nitrogens is 4. The van der Waals surface area contributed by atoms with Crippen molar-refractivity contribution in [1.82, 2.24) is 20.2 Å². The van der Waals surface area contributed by atoms with Gasteiger partial charge in [0.1, 0.15) is 5.82 Å². The molecule has 0 saturated heterocycles. The lowest BCUT2D eigenvalue weighted by molar-refractivity contribution is 0.598. The second-order valence-electron chi connectivity index (χ2n) is 2.93. The molecule has 0 aliphatic carbocycles. The maximum Gasteiger partial charge on any atom is 0.279 e. The highest BCUT2D eigenvalue weighted by Gasteiger charge is 2.16. The van der Waals surface area contributed by atoms with Gasteiger partial charge in [0.25, 0.3) is 10.0 Å². The third-order valence-electron chi connectivity index (χ3n) is 1.72. The molecule has 0 fully saturated rings. The third kappa shape index (κ3) is 1.99. The van der Waals surface area contributed by atoms with Gasteiger partial charge in [-0.15, -0.1) is 0 Å². The van der Waals surface area contributed by atoms with E-state index < -0.39 is 10.0 Å². The molecule has 0 unspecified atom stereocenters. The lowest BCUT2D eigenvalue weighted by atomic mass is 10.6. The van der Waals surface area contributed by atoms with Gasteiger partial charge in [0, 0.05) is 6.20 Å². The highest BCUT2D eigenvalue weighted by Crippen LogP contribution is 2.11. The van der Waals surface area contributed by atoms with Crippen LogP contribution >= 0.6 is 0 Å². The Morgan fingerprint density at radius 2 is 2.20 bits per heavy atom. The Morgan fingerprint density at radius 1 is 1.40 bits per heavy atom. The zero-order valence-electron chi connectivity index (χ0n) is 7.85. The molecule has 0 spiro atoms. The summed E-state index contributed by atoms with van der Waals surface area (Å²) in [6.45, 7) is 1.68. The van der Waals surface area contributed by atoms with E-state index in [2.05, 4.69) is 24.9 Å². The summed E-state index contributed by atoms with van der Waals surface area (Å²) in [5, 5.41) is 6.16. The molecule has 0 aromatic carbocycles. The zero-order chi connectivity index (χ0) is 10.9. The number of anilines is 1. The highest BCUT2D eigenvalue weighted by atomic mass is 32.2. The molecule has 0 amide bonds. The van der Waals surface area contributed by atoms with E-state index in [0.717, 1.165) is 0 Å². The number of aromatic amines is 2. The van der Waals surface area contributed by atoms with Gasteiger partial charge in [0.05, 0.1) is 18.1 Å². The van der Waals surface area contributed by atoms with Gasteiger partial charge in [-0.3, -0.25) is 9.82 Å². The minimum absolute atomic E-state index is 0.0289. The van der Waals surface area contributed by atoms with E-state index in [1.807, 2.05) is 0 Å². The lowest BCUT2D eigenvalue weighted by Gasteiger charge is -2.01. The number of aryl methyl sites for hydroxylation is 1. The van der Waals surface area contributed by atoms with Gasteiger partial charge >= 0.3 is 0 Å². The van der Waals surface area contributed by atoms with Crippen molar-refractivity contribution >= 4 is 15.7 Å². The Balaban J connectivity index is 2.28. The molecule has 0 bridgehead atoms. The van der Waals surface area contributed by atoms with Crippen molar-refractivity contribution in [2.45, 2.75) is 11.9 Å². The van der Waals surface area contributed by atoms with Gasteiger partial charge in [0.2, 0.25) is 0 Å². The number of sulfonamides is 1. The van der Waals surface area contributed by atoms with Crippen LogP contribution in [0.4, 0.5) is 5.69 Å². The molecule has 8 heteroatoms. The van der Waals surface area contributed by atoms with Crippen molar-refractivity contribution in [2.75, 3.05) is 4.72 Å². The van der Waals surface area contributed by atoms with Gasteiger partial charge in [-0.05, 0) is 6.92 Å². The summed E-state index contributed by atoms with van der Waals surface area (Å²) in [6.07, 6.45) is 4.08. The fraction of sp³-hybridized carbons (Fsp3) is 0.143. The van der Waals surface area contributed by atoms with E-state index in [-0.39, 0.29) is 5.03 Å². The first kappa shape index (κ1) is 9.71. The van der Waals surface area contributed by atoms with Crippen LogP contribution < -0.4 is 4.72 Å². The summed E-state index contributed by atoms with van der Waals surface area (Å²) in [5.41, 5.74) is 0.377. The van der Waals surface area contributed by atoms with Gasteiger partial charge in [-0.2, -0.15) is 13.5 Å². The topological polar surface area (TPSA) is 104 Å².